The molecule has 1 fully saturated rings. The highest BCUT2D eigenvalue weighted by atomic mass is 16.4. The van der Waals surface area contributed by atoms with Crippen molar-refractivity contribution in [3.05, 3.63) is 24.3 Å². The van der Waals surface area contributed by atoms with Crippen LogP contribution in [0.4, 0.5) is 5.69 Å². The van der Waals surface area contributed by atoms with Gasteiger partial charge in [0, 0.05) is 5.69 Å². The van der Waals surface area contributed by atoms with E-state index in [1.54, 1.807) is 12.1 Å². The lowest BCUT2D eigenvalue weighted by Gasteiger charge is -2.31. The van der Waals surface area contributed by atoms with Crippen LogP contribution in [0.3, 0.4) is 0 Å². The standard InChI is InChI=1S/C15H20N2O4/c18-12-6-4-11(5-7-12)16-14(19)10-13(15(20)21)17-8-2-1-3-9-17/h4-7,13,18H,1-3,8-10H2,(H,16,19)(H,20,21). The monoisotopic (exact) mass is 292 g/mol. The number of carboxylic acid groups (broad SMARTS) is 1. The normalized spacial score (nSPS) is 17.1. The van der Waals surface area contributed by atoms with Crippen LogP contribution in [0.15, 0.2) is 24.3 Å². The van der Waals surface area contributed by atoms with Gasteiger partial charge in [-0.2, -0.15) is 0 Å². The highest BCUT2D eigenvalue weighted by Crippen LogP contribution is 2.17. The van der Waals surface area contributed by atoms with Crippen molar-refractivity contribution in [2.24, 2.45) is 0 Å². The van der Waals surface area contributed by atoms with E-state index in [2.05, 4.69) is 5.32 Å². The predicted molar refractivity (Wildman–Crippen MR) is 78.2 cm³/mol. The minimum Gasteiger partial charge on any atom is -0.508 e. The summed E-state index contributed by atoms with van der Waals surface area (Å²) in [6.07, 6.45) is 2.99. The van der Waals surface area contributed by atoms with Crippen molar-refractivity contribution in [3.8, 4) is 5.75 Å². The molecule has 0 radical (unpaired) electrons. The van der Waals surface area contributed by atoms with Gasteiger partial charge < -0.3 is 15.5 Å². The number of likely N-dealkylation sites (tertiary alicyclic amines) is 1. The van der Waals surface area contributed by atoms with Crippen LogP contribution in [0.2, 0.25) is 0 Å². The molecule has 6 nitrogen and oxygen atoms in total. The molecule has 0 aliphatic carbocycles. The average Bonchev–Trinajstić information content (AvgIpc) is 2.48. The average molecular weight is 292 g/mol. The highest BCUT2D eigenvalue weighted by Gasteiger charge is 2.29. The molecule has 2 rings (SSSR count). The molecule has 0 aromatic heterocycles. The molecule has 1 aromatic rings. The van der Waals surface area contributed by atoms with Crippen LogP contribution >= 0.6 is 0 Å². The van der Waals surface area contributed by atoms with E-state index in [9.17, 15) is 19.8 Å². The van der Waals surface area contributed by atoms with Crippen molar-refractivity contribution in [2.45, 2.75) is 31.7 Å². The van der Waals surface area contributed by atoms with E-state index < -0.39 is 12.0 Å². The van der Waals surface area contributed by atoms with Gasteiger partial charge in [0.05, 0.1) is 6.42 Å². The summed E-state index contributed by atoms with van der Waals surface area (Å²) in [5, 5.41) is 21.2. The molecule has 114 valence electrons. The summed E-state index contributed by atoms with van der Waals surface area (Å²) < 4.78 is 0. The van der Waals surface area contributed by atoms with E-state index in [1.165, 1.54) is 12.1 Å². The lowest BCUT2D eigenvalue weighted by molar-refractivity contribution is -0.145. The smallest absolute Gasteiger partial charge is 0.321 e. The largest absolute Gasteiger partial charge is 0.508 e. The number of anilines is 1. The summed E-state index contributed by atoms with van der Waals surface area (Å²) in [5.74, 6) is -1.18. The molecule has 3 N–H and O–H groups in total. The van der Waals surface area contributed by atoms with Crippen LogP contribution in [-0.2, 0) is 9.59 Å². The number of amides is 1. The first-order valence-corrected chi connectivity index (χ1v) is 7.12. The first-order chi connectivity index (χ1) is 10.1. The molecule has 1 saturated heterocycles. The zero-order valence-electron chi connectivity index (χ0n) is 11.8. The van der Waals surface area contributed by atoms with Crippen LogP contribution in [-0.4, -0.2) is 46.1 Å². The summed E-state index contributed by atoms with van der Waals surface area (Å²) in [7, 11) is 0. The third kappa shape index (κ3) is 4.46. The van der Waals surface area contributed by atoms with Crippen molar-refractivity contribution in [1.82, 2.24) is 4.90 Å². The lowest BCUT2D eigenvalue weighted by Crippen LogP contribution is -2.45. The summed E-state index contributed by atoms with van der Waals surface area (Å²) in [6.45, 7) is 1.45. The van der Waals surface area contributed by atoms with Crippen LogP contribution in [0.25, 0.3) is 0 Å². The van der Waals surface area contributed by atoms with Crippen LogP contribution < -0.4 is 5.32 Å². The molecule has 21 heavy (non-hydrogen) atoms. The Labute approximate surface area is 123 Å². The Kier molecular flexibility index (Phi) is 5.16. The van der Waals surface area contributed by atoms with Gasteiger partial charge in [-0.3, -0.25) is 14.5 Å². The van der Waals surface area contributed by atoms with Gasteiger partial charge in [-0.15, -0.1) is 0 Å². The van der Waals surface area contributed by atoms with Gasteiger partial charge in [-0.25, -0.2) is 0 Å². The minimum atomic E-state index is -0.960. The first kappa shape index (κ1) is 15.3. The molecule has 1 aromatic carbocycles. The molecular formula is C15H20N2O4. The number of phenols is 1. The fraction of sp³-hybridized carbons (Fsp3) is 0.467. The number of aromatic hydroxyl groups is 1. The van der Waals surface area contributed by atoms with E-state index in [-0.39, 0.29) is 18.1 Å². The van der Waals surface area contributed by atoms with Crippen LogP contribution in [0.1, 0.15) is 25.7 Å². The molecular weight excluding hydrogens is 272 g/mol. The number of hydrogen-bond acceptors (Lipinski definition) is 4. The Morgan fingerprint density at radius 2 is 1.76 bits per heavy atom. The van der Waals surface area contributed by atoms with Gasteiger partial charge in [0.15, 0.2) is 0 Å². The van der Waals surface area contributed by atoms with E-state index >= 15 is 0 Å². The number of carbonyl (C=O) groups is 2. The van der Waals surface area contributed by atoms with Crippen molar-refractivity contribution in [1.29, 1.82) is 0 Å². The topological polar surface area (TPSA) is 89.9 Å². The maximum atomic E-state index is 12.0. The number of aliphatic carboxylic acids is 1. The van der Waals surface area contributed by atoms with Crippen molar-refractivity contribution in [2.75, 3.05) is 18.4 Å². The zero-order chi connectivity index (χ0) is 15.2. The fourth-order valence-electron chi connectivity index (χ4n) is 2.54. The zero-order valence-corrected chi connectivity index (χ0v) is 11.8. The second-order valence-corrected chi connectivity index (χ2v) is 5.25. The number of rotatable bonds is 5. The minimum absolute atomic E-state index is 0.0732. The van der Waals surface area contributed by atoms with Gasteiger partial charge in [0.25, 0.3) is 0 Å². The van der Waals surface area contributed by atoms with E-state index in [0.717, 1.165) is 32.4 Å². The summed E-state index contributed by atoms with van der Waals surface area (Å²) in [5.41, 5.74) is 0.542. The van der Waals surface area contributed by atoms with E-state index in [4.69, 9.17) is 0 Å². The number of benzene rings is 1. The Morgan fingerprint density at radius 1 is 1.14 bits per heavy atom. The van der Waals surface area contributed by atoms with Gasteiger partial charge >= 0.3 is 5.97 Å². The molecule has 1 aliphatic heterocycles. The quantitative estimate of drug-likeness (QED) is 0.718. The van der Waals surface area contributed by atoms with Gasteiger partial charge in [-0.05, 0) is 50.2 Å². The number of carboxylic acids is 1. The Morgan fingerprint density at radius 3 is 2.33 bits per heavy atom. The molecule has 1 heterocycles. The van der Waals surface area contributed by atoms with Crippen molar-refractivity contribution < 1.29 is 19.8 Å². The van der Waals surface area contributed by atoms with Crippen molar-refractivity contribution in [3.63, 3.8) is 0 Å². The van der Waals surface area contributed by atoms with Gasteiger partial charge in [-0.1, -0.05) is 6.42 Å². The Balaban J connectivity index is 1.94. The molecule has 0 saturated carbocycles. The SMILES string of the molecule is O=C(CC(C(=O)O)N1CCCCC1)Nc1ccc(O)cc1. The maximum Gasteiger partial charge on any atom is 0.321 e. The fourth-order valence-corrected chi connectivity index (χ4v) is 2.54. The molecule has 1 atom stereocenters. The Hall–Kier alpha value is -2.08. The summed E-state index contributed by atoms with van der Waals surface area (Å²) >= 11 is 0. The van der Waals surface area contributed by atoms with Gasteiger partial charge in [0.1, 0.15) is 11.8 Å². The second-order valence-electron chi connectivity index (χ2n) is 5.25. The Bertz CT molecular complexity index is 495. The number of hydrogen-bond donors (Lipinski definition) is 3. The van der Waals surface area contributed by atoms with Crippen molar-refractivity contribution >= 4 is 17.6 Å². The van der Waals surface area contributed by atoms with E-state index in [0.29, 0.717) is 5.69 Å². The maximum absolute atomic E-state index is 12.0. The first-order valence-electron chi connectivity index (χ1n) is 7.12. The lowest BCUT2D eigenvalue weighted by atomic mass is 10.1. The molecule has 6 heteroatoms. The predicted octanol–water partition coefficient (Wildman–Crippen LogP) is 1.66. The summed E-state index contributed by atoms with van der Waals surface area (Å²) in [6, 6.07) is 5.31. The van der Waals surface area contributed by atoms with E-state index in [1.807, 2.05) is 4.90 Å². The number of nitrogens with zero attached hydrogens (tertiary/aromatic N) is 1. The highest BCUT2D eigenvalue weighted by molar-refractivity contribution is 5.94. The number of phenolic OH excluding ortho intramolecular Hbond substituents is 1. The molecule has 1 aliphatic rings. The third-order valence-corrected chi connectivity index (χ3v) is 3.65. The molecule has 1 unspecified atom stereocenters. The number of nitrogens with one attached hydrogen (secondary N) is 1. The summed E-state index contributed by atoms with van der Waals surface area (Å²) in [4.78, 5) is 25.2. The third-order valence-electron chi connectivity index (χ3n) is 3.65. The molecule has 0 spiro atoms. The van der Waals surface area contributed by atoms with Gasteiger partial charge in [0.2, 0.25) is 5.91 Å². The number of piperidine rings is 1. The van der Waals surface area contributed by atoms with Crippen LogP contribution in [0.5, 0.6) is 5.75 Å². The molecule has 0 bridgehead atoms. The van der Waals surface area contributed by atoms with Crippen LogP contribution in [0, 0.1) is 0 Å². The molecule has 1 amide bonds. The second kappa shape index (κ2) is 7.08. The number of carbonyl (C=O) groups excluding carboxylic acids is 1.